The zero-order valence-corrected chi connectivity index (χ0v) is 13.7. The first-order valence-corrected chi connectivity index (χ1v) is 7.93. The zero-order valence-electron chi connectivity index (χ0n) is 12.2. The first-order chi connectivity index (χ1) is 11.1. The third-order valence-corrected chi connectivity index (χ3v) is 4.31. The van der Waals surface area contributed by atoms with Crippen LogP contribution < -0.4 is 10.2 Å². The normalized spacial score (nSPS) is 12.9. The number of anilines is 1. The van der Waals surface area contributed by atoms with Crippen LogP contribution in [-0.4, -0.2) is 24.9 Å². The van der Waals surface area contributed by atoms with Crippen LogP contribution in [0.3, 0.4) is 0 Å². The Morgan fingerprint density at radius 1 is 1.13 bits per heavy atom. The lowest BCUT2D eigenvalue weighted by atomic mass is 10.2. The van der Waals surface area contributed by atoms with Crippen LogP contribution in [0.5, 0.6) is 0 Å². The highest BCUT2D eigenvalue weighted by Gasteiger charge is 2.24. The molecule has 0 saturated carbocycles. The molecule has 1 aliphatic heterocycles. The standard InChI is InChI=1S/C17H14Cl2N2O2/c18-12-5-6-13(14(19)9-12)17(23)20-10-16(22)21-8-7-11-3-1-2-4-15(11)21/h1-6,9H,7-8,10H2,(H,20,23). The Morgan fingerprint density at radius 2 is 1.91 bits per heavy atom. The van der Waals surface area contributed by atoms with Gasteiger partial charge in [-0.1, -0.05) is 41.4 Å². The second-order valence-corrected chi connectivity index (χ2v) is 6.07. The summed E-state index contributed by atoms with van der Waals surface area (Å²) < 4.78 is 0. The van der Waals surface area contributed by atoms with Crippen molar-refractivity contribution < 1.29 is 9.59 Å². The lowest BCUT2D eigenvalue weighted by Crippen LogP contribution is -2.39. The summed E-state index contributed by atoms with van der Waals surface area (Å²) in [5.41, 5.74) is 2.36. The number of hydrogen-bond acceptors (Lipinski definition) is 2. The minimum absolute atomic E-state index is 0.0773. The molecule has 2 amide bonds. The third-order valence-electron chi connectivity index (χ3n) is 3.76. The van der Waals surface area contributed by atoms with Crippen LogP contribution in [0.2, 0.25) is 10.0 Å². The van der Waals surface area contributed by atoms with Crippen LogP contribution in [0.1, 0.15) is 15.9 Å². The maximum atomic E-state index is 12.3. The Kier molecular flexibility index (Phi) is 4.55. The molecular formula is C17H14Cl2N2O2. The highest BCUT2D eigenvalue weighted by molar-refractivity contribution is 6.36. The van der Waals surface area contributed by atoms with Gasteiger partial charge in [-0.2, -0.15) is 0 Å². The summed E-state index contributed by atoms with van der Waals surface area (Å²) in [6.07, 6.45) is 0.832. The third kappa shape index (κ3) is 3.33. The molecule has 0 fully saturated rings. The number of rotatable bonds is 3. The average molecular weight is 349 g/mol. The van der Waals surface area contributed by atoms with Crippen molar-refractivity contribution in [3.05, 3.63) is 63.6 Å². The van der Waals surface area contributed by atoms with Gasteiger partial charge in [-0.05, 0) is 36.2 Å². The fourth-order valence-electron chi connectivity index (χ4n) is 2.62. The monoisotopic (exact) mass is 348 g/mol. The molecule has 0 saturated heterocycles. The number of nitrogens with zero attached hydrogens (tertiary/aromatic N) is 1. The highest BCUT2D eigenvalue weighted by Crippen LogP contribution is 2.27. The maximum Gasteiger partial charge on any atom is 0.253 e. The van der Waals surface area contributed by atoms with Crippen molar-refractivity contribution in [2.24, 2.45) is 0 Å². The lowest BCUT2D eigenvalue weighted by Gasteiger charge is -2.17. The van der Waals surface area contributed by atoms with Crippen molar-refractivity contribution in [3.8, 4) is 0 Å². The summed E-state index contributed by atoms with van der Waals surface area (Å²) in [7, 11) is 0. The number of hydrogen-bond donors (Lipinski definition) is 1. The second kappa shape index (κ2) is 6.60. The molecule has 1 N–H and O–H groups in total. The van der Waals surface area contributed by atoms with Crippen LogP contribution in [0.15, 0.2) is 42.5 Å². The number of nitrogens with one attached hydrogen (secondary N) is 1. The van der Waals surface area contributed by atoms with E-state index in [1.807, 2.05) is 24.3 Å². The van der Waals surface area contributed by atoms with Crippen LogP contribution in [0, 0.1) is 0 Å². The van der Waals surface area contributed by atoms with Gasteiger partial charge in [0.1, 0.15) is 0 Å². The second-order valence-electron chi connectivity index (χ2n) is 5.23. The first kappa shape index (κ1) is 15.8. The van der Waals surface area contributed by atoms with Crippen LogP contribution >= 0.6 is 23.2 Å². The molecule has 0 unspecified atom stereocenters. The largest absolute Gasteiger partial charge is 0.343 e. The Bertz CT molecular complexity index is 777. The quantitative estimate of drug-likeness (QED) is 0.924. The van der Waals surface area contributed by atoms with Gasteiger partial charge in [-0.15, -0.1) is 0 Å². The number of carbonyl (C=O) groups excluding carboxylic acids is 2. The number of amides is 2. The Morgan fingerprint density at radius 3 is 2.70 bits per heavy atom. The molecule has 0 radical (unpaired) electrons. The minimum atomic E-state index is -0.396. The van der Waals surface area contributed by atoms with Gasteiger partial charge in [-0.3, -0.25) is 9.59 Å². The number of halogens is 2. The van der Waals surface area contributed by atoms with E-state index in [1.54, 1.807) is 11.0 Å². The van der Waals surface area contributed by atoms with Gasteiger partial charge in [0.15, 0.2) is 0 Å². The summed E-state index contributed by atoms with van der Waals surface area (Å²) >= 11 is 11.8. The predicted molar refractivity (Wildman–Crippen MR) is 91.3 cm³/mol. The molecule has 1 heterocycles. The number of fused-ring (bicyclic) bond motifs is 1. The van der Waals surface area contributed by atoms with E-state index < -0.39 is 5.91 Å². The van der Waals surface area contributed by atoms with E-state index in [-0.39, 0.29) is 17.5 Å². The Balaban J connectivity index is 1.65. The molecule has 0 atom stereocenters. The van der Waals surface area contributed by atoms with E-state index in [9.17, 15) is 9.59 Å². The number of para-hydroxylation sites is 1. The highest BCUT2D eigenvalue weighted by atomic mass is 35.5. The fourth-order valence-corrected chi connectivity index (χ4v) is 3.11. The van der Waals surface area contributed by atoms with E-state index >= 15 is 0 Å². The molecular weight excluding hydrogens is 335 g/mol. The van der Waals surface area contributed by atoms with Gasteiger partial charge < -0.3 is 10.2 Å². The minimum Gasteiger partial charge on any atom is -0.343 e. The Labute approximate surface area is 144 Å². The molecule has 2 aromatic rings. The molecule has 1 aliphatic rings. The van der Waals surface area contributed by atoms with Gasteiger partial charge >= 0.3 is 0 Å². The summed E-state index contributed by atoms with van der Waals surface area (Å²) in [5.74, 6) is -0.541. The van der Waals surface area contributed by atoms with E-state index in [2.05, 4.69) is 5.32 Å². The molecule has 0 spiro atoms. The van der Waals surface area contributed by atoms with Crippen molar-refractivity contribution in [1.82, 2.24) is 5.32 Å². The maximum absolute atomic E-state index is 12.3. The predicted octanol–water partition coefficient (Wildman–Crippen LogP) is 3.31. The molecule has 3 rings (SSSR count). The van der Waals surface area contributed by atoms with Crippen molar-refractivity contribution in [2.45, 2.75) is 6.42 Å². The van der Waals surface area contributed by atoms with Crippen LogP contribution in [0.25, 0.3) is 0 Å². The molecule has 23 heavy (non-hydrogen) atoms. The summed E-state index contributed by atoms with van der Waals surface area (Å²) in [6, 6.07) is 12.4. The van der Waals surface area contributed by atoms with E-state index in [1.165, 1.54) is 12.1 Å². The first-order valence-electron chi connectivity index (χ1n) is 7.18. The van der Waals surface area contributed by atoms with Gasteiger partial charge in [0.2, 0.25) is 5.91 Å². The van der Waals surface area contributed by atoms with E-state index in [0.29, 0.717) is 17.1 Å². The molecule has 6 heteroatoms. The summed E-state index contributed by atoms with van der Waals surface area (Å²) in [5, 5.41) is 3.32. The fraction of sp³-hybridized carbons (Fsp3) is 0.176. The average Bonchev–Trinajstić information content (AvgIpc) is 2.96. The number of benzene rings is 2. The molecule has 0 bridgehead atoms. The topological polar surface area (TPSA) is 49.4 Å². The molecule has 0 aromatic heterocycles. The zero-order chi connectivity index (χ0) is 16.4. The SMILES string of the molecule is O=C(NCC(=O)N1CCc2ccccc21)c1ccc(Cl)cc1Cl. The molecule has 118 valence electrons. The van der Waals surface area contributed by atoms with Crippen molar-refractivity contribution in [2.75, 3.05) is 18.0 Å². The van der Waals surface area contributed by atoms with Crippen molar-refractivity contribution in [1.29, 1.82) is 0 Å². The van der Waals surface area contributed by atoms with Crippen LogP contribution in [-0.2, 0) is 11.2 Å². The molecule has 4 nitrogen and oxygen atoms in total. The van der Waals surface area contributed by atoms with Gasteiger partial charge in [0.25, 0.3) is 5.91 Å². The van der Waals surface area contributed by atoms with Crippen LogP contribution in [0.4, 0.5) is 5.69 Å². The van der Waals surface area contributed by atoms with Crippen molar-refractivity contribution >= 4 is 40.7 Å². The lowest BCUT2D eigenvalue weighted by molar-refractivity contribution is -0.117. The smallest absolute Gasteiger partial charge is 0.253 e. The molecule has 0 aliphatic carbocycles. The van der Waals surface area contributed by atoms with Gasteiger partial charge in [0.05, 0.1) is 17.1 Å². The molecule has 2 aromatic carbocycles. The van der Waals surface area contributed by atoms with E-state index in [0.717, 1.165) is 17.7 Å². The van der Waals surface area contributed by atoms with Gasteiger partial charge in [-0.25, -0.2) is 0 Å². The Hall–Kier alpha value is -2.04. The van der Waals surface area contributed by atoms with Crippen molar-refractivity contribution in [3.63, 3.8) is 0 Å². The number of carbonyl (C=O) groups is 2. The summed E-state index contributed by atoms with van der Waals surface area (Å²) in [4.78, 5) is 26.2. The van der Waals surface area contributed by atoms with E-state index in [4.69, 9.17) is 23.2 Å². The van der Waals surface area contributed by atoms with Gasteiger partial charge in [0, 0.05) is 17.3 Å². The summed E-state index contributed by atoms with van der Waals surface area (Å²) in [6.45, 7) is 0.557.